The van der Waals surface area contributed by atoms with Crippen LogP contribution in [0.5, 0.6) is 0 Å². The largest absolute Gasteiger partial charge is 0.295 e. The van der Waals surface area contributed by atoms with Gasteiger partial charge in [-0.3, -0.25) is 14.9 Å². The van der Waals surface area contributed by atoms with E-state index in [1.807, 2.05) is 12.1 Å². The van der Waals surface area contributed by atoms with Crippen LogP contribution in [0.25, 0.3) is 0 Å². The zero-order valence-electron chi connectivity index (χ0n) is 8.63. The van der Waals surface area contributed by atoms with Crippen LogP contribution in [-0.2, 0) is 4.79 Å². The van der Waals surface area contributed by atoms with Gasteiger partial charge in [0.05, 0.1) is 4.92 Å². The Balaban J connectivity index is 2.27. The molecule has 1 aliphatic carbocycles. The fourth-order valence-corrected chi connectivity index (χ4v) is 1.90. The maximum Gasteiger partial charge on any atom is 0.269 e. The Morgan fingerprint density at radius 2 is 2.19 bits per heavy atom. The second kappa shape index (κ2) is 4.26. The first kappa shape index (κ1) is 10.5. The third kappa shape index (κ3) is 2.16. The van der Waals surface area contributed by atoms with E-state index in [0.717, 1.165) is 12.0 Å². The average Bonchev–Trinajstić information content (AvgIpc) is 2.29. The van der Waals surface area contributed by atoms with Crippen molar-refractivity contribution < 1.29 is 9.72 Å². The lowest BCUT2D eigenvalue weighted by Crippen LogP contribution is -2.09. The van der Waals surface area contributed by atoms with Crippen LogP contribution in [0.2, 0.25) is 0 Å². The van der Waals surface area contributed by atoms with Crippen molar-refractivity contribution in [1.29, 1.82) is 0 Å². The Hall–Kier alpha value is -1.97. The first-order valence-electron chi connectivity index (χ1n) is 5.10. The summed E-state index contributed by atoms with van der Waals surface area (Å²) in [5.74, 6) is 0.167. The third-order valence-corrected chi connectivity index (χ3v) is 2.72. The fourth-order valence-electron chi connectivity index (χ4n) is 1.90. The highest BCUT2D eigenvalue weighted by atomic mass is 16.6. The van der Waals surface area contributed by atoms with Crippen molar-refractivity contribution in [2.24, 2.45) is 0 Å². The lowest BCUT2D eigenvalue weighted by Gasteiger charge is -2.16. The second-order valence-corrected chi connectivity index (χ2v) is 3.86. The van der Waals surface area contributed by atoms with Crippen molar-refractivity contribution in [1.82, 2.24) is 0 Å². The SMILES string of the molecule is O=C1C=CC[C@@H](c2cccc([N+](=O)[O-])c2)C1. The molecule has 0 saturated carbocycles. The van der Waals surface area contributed by atoms with E-state index in [-0.39, 0.29) is 17.4 Å². The predicted octanol–water partition coefficient (Wildman–Crippen LogP) is 2.60. The summed E-state index contributed by atoms with van der Waals surface area (Å²) in [6, 6.07) is 6.52. The van der Waals surface area contributed by atoms with Gasteiger partial charge in [-0.15, -0.1) is 0 Å². The van der Waals surface area contributed by atoms with E-state index in [9.17, 15) is 14.9 Å². The number of carbonyl (C=O) groups excluding carboxylic acids is 1. The van der Waals surface area contributed by atoms with Crippen LogP contribution in [0.4, 0.5) is 5.69 Å². The number of nitro benzene ring substituents is 1. The van der Waals surface area contributed by atoms with E-state index in [4.69, 9.17) is 0 Å². The van der Waals surface area contributed by atoms with Gasteiger partial charge in [0.15, 0.2) is 5.78 Å². The normalized spacial score (nSPS) is 19.8. The van der Waals surface area contributed by atoms with E-state index >= 15 is 0 Å². The maximum atomic E-state index is 11.2. The summed E-state index contributed by atoms with van der Waals surface area (Å²) in [4.78, 5) is 21.5. The minimum absolute atomic E-state index is 0.0809. The van der Waals surface area contributed by atoms with Gasteiger partial charge < -0.3 is 0 Å². The molecule has 16 heavy (non-hydrogen) atoms. The Bertz CT molecular complexity index is 465. The molecule has 0 amide bonds. The molecule has 2 rings (SSSR count). The molecule has 0 spiro atoms. The summed E-state index contributed by atoms with van der Waals surface area (Å²) >= 11 is 0. The third-order valence-electron chi connectivity index (χ3n) is 2.72. The zero-order valence-corrected chi connectivity index (χ0v) is 8.63. The van der Waals surface area contributed by atoms with E-state index in [2.05, 4.69) is 0 Å². The van der Waals surface area contributed by atoms with Crippen molar-refractivity contribution in [3.63, 3.8) is 0 Å². The molecule has 0 aliphatic heterocycles. The molecule has 82 valence electrons. The fraction of sp³-hybridized carbons (Fsp3) is 0.250. The number of non-ortho nitro benzene ring substituents is 1. The molecule has 0 fully saturated rings. The number of hydrogen-bond acceptors (Lipinski definition) is 3. The number of hydrogen-bond donors (Lipinski definition) is 0. The number of nitro groups is 1. The summed E-state index contributed by atoms with van der Waals surface area (Å²) < 4.78 is 0. The van der Waals surface area contributed by atoms with Gasteiger partial charge in [-0.1, -0.05) is 18.2 Å². The van der Waals surface area contributed by atoms with Crippen LogP contribution in [-0.4, -0.2) is 10.7 Å². The van der Waals surface area contributed by atoms with Gasteiger partial charge in [0.1, 0.15) is 0 Å². The van der Waals surface area contributed by atoms with Crippen LogP contribution in [0.3, 0.4) is 0 Å². The van der Waals surface area contributed by atoms with Crippen LogP contribution in [0.15, 0.2) is 36.4 Å². The number of carbonyl (C=O) groups is 1. The highest BCUT2D eigenvalue weighted by molar-refractivity contribution is 5.91. The maximum absolute atomic E-state index is 11.2. The minimum atomic E-state index is -0.413. The Morgan fingerprint density at radius 1 is 1.38 bits per heavy atom. The van der Waals surface area contributed by atoms with E-state index < -0.39 is 4.92 Å². The van der Waals surface area contributed by atoms with Crippen molar-refractivity contribution in [3.05, 3.63) is 52.1 Å². The van der Waals surface area contributed by atoms with Gasteiger partial charge in [0.2, 0.25) is 0 Å². The average molecular weight is 217 g/mol. The Kier molecular flexibility index (Phi) is 2.81. The van der Waals surface area contributed by atoms with Crippen LogP contribution < -0.4 is 0 Å². The highest BCUT2D eigenvalue weighted by Gasteiger charge is 2.18. The summed E-state index contributed by atoms with van der Waals surface area (Å²) in [6.07, 6.45) is 4.62. The molecule has 0 aromatic heterocycles. The van der Waals surface area contributed by atoms with Crippen LogP contribution in [0.1, 0.15) is 24.3 Å². The van der Waals surface area contributed by atoms with Gasteiger partial charge in [0, 0.05) is 18.6 Å². The molecule has 1 aromatic rings. The molecular formula is C12H11NO3. The number of rotatable bonds is 2. The van der Waals surface area contributed by atoms with E-state index in [0.29, 0.717) is 6.42 Å². The van der Waals surface area contributed by atoms with Gasteiger partial charge in [0.25, 0.3) is 5.69 Å². The minimum Gasteiger partial charge on any atom is -0.295 e. The second-order valence-electron chi connectivity index (χ2n) is 3.86. The molecule has 0 N–H and O–H groups in total. The smallest absolute Gasteiger partial charge is 0.269 e. The van der Waals surface area contributed by atoms with Crippen molar-refractivity contribution >= 4 is 11.5 Å². The Morgan fingerprint density at radius 3 is 2.88 bits per heavy atom. The van der Waals surface area contributed by atoms with Crippen molar-refractivity contribution in [2.45, 2.75) is 18.8 Å². The standard InChI is InChI=1S/C12H11NO3/c14-12-6-2-4-10(8-12)9-3-1-5-11(7-9)13(15)16/h1-3,5-7,10H,4,8H2/t10-/m1/s1. The van der Waals surface area contributed by atoms with Crippen LogP contribution in [0, 0.1) is 10.1 Å². The predicted molar refractivity (Wildman–Crippen MR) is 59.2 cm³/mol. The molecule has 0 heterocycles. The lowest BCUT2D eigenvalue weighted by atomic mass is 9.87. The molecule has 0 bridgehead atoms. The monoisotopic (exact) mass is 217 g/mol. The first-order valence-corrected chi connectivity index (χ1v) is 5.10. The van der Waals surface area contributed by atoms with Gasteiger partial charge in [-0.05, 0) is 24.0 Å². The summed E-state index contributed by atoms with van der Waals surface area (Å²) in [5, 5.41) is 10.6. The molecule has 0 radical (unpaired) electrons. The summed E-state index contributed by atoms with van der Waals surface area (Å²) in [5.41, 5.74) is 0.950. The Labute approximate surface area is 92.7 Å². The molecular weight excluding hydrogens is 206 g/mol. The van der Waals surface area contributed by atoms with Crippen LogP contribution >= 0.6 is 0 Å². The zero-order chi connectivity index (χ0) is 11.5. The van der Waals surface area contributed by atoms with Gasteiger partial charge >= 0.3 is 0 Å². The number of benzene rings is 1. The first-order chi connectivity index (χ1) is 7.66. The van der Waals surface area contributed by atoms with E-state index in [1.165, 1.54) is 6.07 Å². The summed E-state index contributed by atoms with van der Waals surface area (Å²) in [7, 11) is 0. The van der Waals surface area contributed by atoms with Gasteiger partial charge in [-0.25, -0.2) is 0 Å². The molecule has 1 atom stereocenters. The van der Waals surface area contributed by atoms with Crippen molar-refractivity contribution in [2.75, 3.05) is 0 Å². The van der Waals surface area contributed by atoms with Crippen molar-refractivity contribution in [3.8, 4) is 0 Å². The molecule has 4 heteroatoms. The van der Waals surface area contributed by atoms with Gasteiger partial charge in [-0.2, -0.15) is 0 Å². The molecule has 4 nitrogen and oxygen atoms in total. The summed E-state index contributed by atoms with van der Waals surface area (Å²) in [6.45, 7) is 0. The topological polar surface area (TPSA) is 60.2 Å². The lowest BCUT2D eigenvalue weighted by molar-refractivity contribution is -0.384. The number of ketones is 1. The quantitative estimate of drug-likeness (QED) is 0.565. The molecule has 1 aliphatic rings. The highest BCUT2D eigenvalue weighted by Crippen LogP contribution is 2.29. The number of allylic oxidation sites excluding steroid dienone is 2. The molecule has 0 saturated heterocycles. The molecule has 0 unspecified atom stereocenters. The number of nitrogens with zero attached hydrogens (tertiary/aromatic N) is 1. The molecule has 1 aromatic carbocycles. The van der Waals surface area contributed by atoms with E-state index in [1.54, 1.807) is 18.2 Å².